The fraction of sp³-hybridized carbons (Fsp3) is 0.263. The van der Waals surface area contributed by atoms with Gasteiger partial charge in [-0.2, -0.15) is 0 Å². The number of carbonyl (C=O) groups excluding carboxylic acids is 1. The van der Waals surface area contributed by atoms with Gasteiger partial charge in [0.05, 0.1) is 4.90 Å². The first-order valence-electron chi connectivity index (χ1n) is 8.71. The molecule has 158 valence electrons. The lowest BCUT2D eigenvalue weighted by Crippen LogP contribution is -2.37. The van der Waals surface area contributed by atoms with Crippen LogP contribution in [0.1, 0.15) is 21.5 Å². The zero-order valence-electron chi connectivity index (χ0n) is 16.3. The van der Waals surface area contributed by atoms with Gasteiger partial charge in [0.15, 0.2) is 5.96 Å². The lowest BCUT2D eigenvalue weighted by molar-refractivity contribution is 0.0963. The number of rotatable bonds is 7. The standard InChI is InChI=1S/C19H25N5O3S.HI/c1-21-18(25)16-5-3-4-14(12-16)10-11-23-19(22-2)24-13-15-6-8-17(9-7-15)28(20,26)27;/h3-9,12H,10-11,13H2,1-2H3,(H,21,25)(H2,20,26,27)(H2,22,23,24);1H. The highest BCUT2D eigenvalue weighted by molar-refractivity contribution is 14.0. The number of benzene rings is 2. The van der Waals surface area contributed by atoms with E-state index in [1.54, 1.807) is 32.3 Å². The summed E-state index contributed by atoms with van der Waals surface area (Å²) < 4.78 is 22.6. The molecule has 0 aliphatic rings. The highest BCUT2D eigenvalue weighted by Gasteiger charge is 2.07. The number of carbonyl (C=O) groups is 1. The molecule has 2 rings (SSSR count). The van der Waals surface area contributed by atoms with Crippen molar-refractivity contribution in [3.05, 3.63) is 65.2 Å². The van der Waals surface area contributed by atoms with Crippen molar-refractivity contribution in [2.45, 2.75) is 17.9 Å². The van der Waals surface area contributed by atoms with Gasteiger partial charge < -0.3 is 16.0 Å². The molecule has 0 saturated heterocycles. The summed E-state index contributed by atoms with van der Waals surface area (Å²) in [5.74, 6) is 0.513. The molecule has 1 amide bonds. The van der Waals surface area contributed by atoms with Crippen LogP contribution in [0.4, 0.5) is 0 Å². The van der Waals surface area contributed by atoms with Crippen LogP contribution in [0.5, 0.6) is 0 Å². The molecule has 0 aliphatic carbocycles. The van der Waals surface area contributed by atoms with E-state index in [4.69, 9.17) is 5.14 Å². The smallest absolute Gasteiger partial charge is 0.251 e. The van der Waals surface area contributed by atoms with Crippen LogP contribution in [0, 0.1) is 0 Å². The Morgan fingerprint density at radius 1 is 1.07 bits per heavy atom. The number of nitrogens with zero attached hydrogens (tertiary/aromatic N) is 1. The third kappa shape index (κ3) is 7.99. The van der Waals surface area contributed by atoms with Crippen LogP contribution in [-0.4, -0.2) is 40.9 Å². The molecule has 0 aliphatic heterocycles. The topological polar surface area (TPSA) is 126 Å². The van der Waals surface area contributed by atoms with Gasteiger partial charge in [-0.15, -0.1) is 24.0 Å². The van der Waals surface area contributed by atoms with Gasteiger partial charge >= 0.3 is 0 Å². The molecular weight excluding hydrogens is 505 g/mol. The maximum absolute atomic E-state index is 11.7. The molecule has 0 saturated carbocycles. The molecule has 0 fully saturated rings. The van der Waals surface area contributed by atoms with Crippen molar-refractivity contribution >= 4 is 45.9 Å². The monoisotopic (exact) mass is 531 g/mol. The Hall–Kier alpha value is -2.18. The Morgan fingerprint density at radius 3 is 2.34 bits per heavy atom. The molecule has 5 N–H and O–H groups in total. The number of sulfonamides is 1. The highest BCUT2D eigenvalue weighted by atomic mass is 127. The van der Waals surface area contributed by atoms with Crippen molar-refractivity contribution in [2.24, 2.45) is 10.1 Å². The molecule has 0 radical (unpaired) electrons. The van der Waals surface area contributed by atoms with Gasteiger partial charge in [-0.1, -0.05) is 24.3 Å². The third-order valence-electron chi connectivity index (χ3n) is 4.06. The predicted octanol–water partition coefficient (Wildman–Crippen LogP) is 1.22. The first kappa shape index (κ1) is 24.9. The largest absolute Gasteiger partial charge is 0.356 e. The van der Waals surface area contributed by atoms with Crippen molar-refractivity contribution in [2.75, 3.05) is 20.6 Å². The predicted molar refractivity (Wildman–Crippen MR) is 125 cm³/mol. The van der Waals surface area contributed by atoms with E-state index < -0.39 is 10.0 Å². The van der Waals surface area contributed by atoms with E-state index in [0.717, 1.165) is 17.5 Å². The summed E-state index contributed by atoms with van der Waals surface area (Å²) in [4.78, 5) is 15.9. The highest BCUT2D eigenvalue weighted by Crippen LogP contribution is 2.08. The van der Waals surface area contributed by atoms with E-state index in [9.17, 15) is 13.2 Å². The minimum absolute atomic E-state index is 0. The number of primary sulfonamides is 1. The summed E-state index contributed by atoms with van der Waals surface area (Å²) in [6, 6.07) is 13.8. The van der Waals surface area contributed by atoms with Crippen LogP contribution in [0.25, 0.3) is 0 Å². The Balaban J connectivity index is 0.00000420. The summed E-state index contributed by atoms with van der Waals surface area (Å²) in [5, 5.41) is 14.1. The molecule has 0 atom stereocenters. The van der Waals surface area contributed by atoms with E-state index in [1.165, 1.54) is 12.1 Å². The molecule has 29 heavy (non-hydrogen) atoms. The van der Waals surface area contributed by atoms with Crippen molar-refractivity contribution in [1.29, 1.82) is 0 Å². The third-order valence-corrected chi connectivity index (χ3v) is 4.99. The fourth-order valence-corrected chi connectivity index (χ4v) is 3.06. The van der Waals surface area contributed by atoms with Crippen LogP contribution in [0.3, 0.4) is 0 Å². The van der Waals surface area contributed by atoms with E-state index in [0.29, 0.717) is 24.6 Å². The number of nitrogens with one attached hydrogen (secondary N) is 3. The number of hydrogen-bond acceptors (Lipinski definition) is 4. The maximum atomic E-state index is 11.7. The minimum Gasteiger partial charge on any atom is -0.356 e. The molecule has 0 heterocycles. The van der Waals surface area contributed by atoms with Crippen LogP contribution < -0.4 is 21.1 Å². The SMILES string of the molecule is CN=C(NCCc1cccc(C(=O)NC)c1)NCc1ccc(S(N)(=O)=O)cc1.I. The number of halogens is 1. The number of amides is 1. The van der Waals surface area contributed by atoms with Crippen molar-refractivity contribution in [1.82, 2.24) is 16.0 Å². The quantitative estimate of drug-likeness (QED) is 0.243. The van der Waals surface area contributed by atoms with Gasteiger partial charge in [0.25, 0.3) is 5.91 Å². The van der Waals surface area contributed by atoms with E-state index in [2.05, 4.69) is 20.9 Å². The van der Waals surface area contributed by atoms with Gasteiger partial charge in [0.1, 0.15) is 0 Å². The Morgan fingerprint density at radius 2 is 1.76 bits per heavy atom. The zero-order chi connectivity index (χ0) is 20.6. The Bertz CT molecular complexity index is 947. The molecular formula is C19H26IN5O3S. The fourth-order valence-electron chi connectivity index (χ4n) is 2.54. The second-order valence-electron chi connectivity index (χ2n) is 6.07. The van der Waals surface area contributed by atoms with E-state index in [1.807, 2.05) is 18.2 Å². The number of aliphatic imine (C=N–C) groups is 1. The zero-order valence-corrected chi connectivity index (χ0v) is 19.5. The van der Waals surface area contributed by atoms with E-state index in [-0.39, 0.29) is 34.8 Å². The van der Waals surface area contributed by atoms with Gasteiger partial charge in [0, 0.05) is 32.7 Å². The van der Waals surface area contributed by atoms with Crippen LogP contribution in [0.2, 0.25) is 0 Å². The summed E-state index contributed by atoms with van der Waals surface area (Å²) in [6.45, 7) is 1.12. The maximum Gasteiger partial charge on any atom is 0.251 e. The minimum atomic E-state index is -3.69. The summed E-state index contributed by atoms with van der Waals surface area (Å²) in [5.41, 5.74) is 2.57. The first-order chi connectivity index (χ1) is 13.3. The lowest BCUT2D eigenvalue weighted by atomic mass is 10.1. The average molecular weight is 531 g/mol. The van der Waals surface area contributed by atoms with Crippen molar-refractivity contribution in [3.63, 3.8) is 0 Å². The molecule has 2 aromatic rings. The molecule has 10 heteroatoms. The summed E-state index contributed by atoms with van der Waals surface area (Å²) in [6.07, 6.45) is 0.731. The molecule has 0 spiro atoms. The van der Waals surface area contributed by atoms with Crippen LogP contribution in [0.15, 0.2) is 58.4 Å². The van der Waals surface area contributed by atoms with Crippen LogP contribution in [-0.2, 0) is 23.0 Å². The molecule has 0 bridgehead atoms. The van der Waals surface area contributed by atoms with Gasteiger partial charge in [-0.05, 0) is 41.8 Å². The number of nitrogens with two attached hydrogens (primary N) is 1. The van der Waals surface area contributed by atoms with Gasteiger partial charge in [0.2, 0.25) is 10.0 Å². The summed E-state index contributed by atoms with van der Waals surface area (Å²) in [7, 11) is -0.408. The Kier molecular flexibility index (Phi) is 10.1. The van der Waals surface area contributed by atoms with Crippen molar-refractivity contribution in [3.8, 4) is 0 Å². The second-order valence-corrected chi connectivity index (χ2v) is 7.63. The van der Waals surface area contributed by atoms with E-state index >= 15 is 0 Å². The molecule has 8 nitrogen and oxygen atoms in total. The summed E-state index contributed by atoms with van der Waals surface area (Å²) >= 11 is 0. The normalized spacial score (nSPS) is 11.3. The second kappa shape index (κ2) is 11.7. The van der Waals surface area contributed by atoms with Gasteiger partial charge in [-0.25, -0.2) is 13.6 Å². The lowest BCUT2D eigenvalue weighted by Gasteiger charge is -2.12. The average Bonchev–Trinajstić information content (AvgIpc) is 2.69. The van der Waals surface area contributed by atoms with Crippen molar-refractivity contribution < 1.29 is 13.2 Å². The molecule has 2 aromatic carbocycles. The number of hydrogen-bond donors (Lipinski definition) is 4. The molecule has 0 unspecified atom stereocenters. The first-order valence-corrected chi connectivity index (χ1v) is 10.3. The molecule has 0 aromatic heterocycles. The van der Waals surface area contributed by atoms with Crippen LogP contribution >= 0.6 is 24.0 Å². The number of guanidine groups is 1. The Labute approximate surface area is 188 Å². The van der Waals surface area contributed by atoms with Gasteiger partial charge in [-0.3, -0.25) is 9.79 Å².